The van der Waals surface area contributed by atoms with E-state index in [1.807, 2.05) is 29.6 Å². The minimum atomic E-state index is -0.409. The highest BCUT2D eigenvalue weighted by atomic mass is 35.5. The predicted molar refractivity (Wildman–Crippen MR) is 120 cm³/mol. The number of anilines is 1. The molecule has 0 saturated carbocycles. The van der Waals surface area contributed by atoms with Gasteiger partial charge in [-0.05, 0) is 47.8 Å². The quantitative estimate of drug-likeness (QED) is 0.281. The number of nitrogens with one attached hydrogen (secondary N) is 1. The van der Waals surface area contributed by atoms with Gasteiger partial charge in [-0.3, -0.25) is 9.59 Å². The second-order valence-electron chi connectivity index (χ2n) is 6.53. The van der Waals surface area contributed by atoms with Gasteiger partial charge in [0.05, 0.1) is 22.5 Å². The average molecular weight is 453 g/mol. The van der Waals surface area contributed by atoms with Gasteiger partial charge >= 0.3 is 5.97 Å². The number of ether oxygens (including phenoxy) is 1. The Kier molecular flexibility index (Phi) is 6.45. The van der Waals surface area contributed by atoms with E-state index in [-0.39, 0.29) is 12.3 Å². The maximum atomic E-state index is 12.2. The molecule has 0 atom stereocenters. The molecule has 0 fully saturated rings. The van der Waals surface area contributed by atoms with Crippen molar-refractivity contribution in [1.29, 1.82) is 0 Å². The number of hydrogen-bond donors (Lipinski definition) is 1. The van der Waals surface area contributed by atoms with E-state index < -0.39 is 5.97 Å². The van der Waals surface area contributed by atoms with Gasteiger partial charge in [0.25, 0.3) is 5.91 Å². The molecule has 0 aliphatic carbocycles. The Labute approximate surface area is 187 Å². The van der Waals surface area contributed by atoms with Crippen molar-refractivity contribution < 1.29 is 18.7 Å². The second-order valence-corrected chi connectivity index (χ2v) is 7.88. The molecule has 31 heavy (non-hydrogen) atoms. The first-order valence-corrected chi connectivity index (χ1v) is 10.7. The number of carbonyl (C=O) groups is 2. The first-order valence-electron chi connectivity index (χ1n) is 9.44. The van der Waals surface area contributed by atoms with Crippen molar-refractivity contribution in [3.05, 3.63) is 88.0 Å². The molecule has 0 spiro atoms. The molecule has 0 saturated heterocycles. The zero-order valence-electron chi connectivity index (χ0n) is 16.2. The van der Waals surface area contributed by atoms with Crippen LogP contribution in [-0.4, -0.2) is 16.9 Å². The van der Waals surface area contributed by atoms with Crippen LogP contribution in [0.2, 0.25) is 5.02 Å². The summed E-state index contributed by atoms with van der Waals surface area (Å²) in [5.41, 5.74) is 1.36. The molecule has 0 radical (unpaired) electrons. The SMILES string of the molecule is O=C(CCc1ncc(-c2ccccc2Cl)o1)Oc1ccc(NC(=O)c2cccs2)cc1. The van der Waals surface area contributed by atoms with Gasteiger partial charge in [0.15, 0.2) is 11.7 Å². The maximum Gasteiger partial charge on any atom is 0.311 e. The van der Waals surface area contributed by atoms with Gasteiger partial charge < -0.3 is 14.5 Å². The number of oxazole rings is 1. The number of nitrogens with zero attached hydrogens (tertiary/aromatic N) is 1. The number of esters is 1. The molecule has 156 valence electrons. The first-order chi connectivity index (χ1) is 15.1. The summed E-state index contributed by atoms with van der Waals surface area (Å²) in [5.74, 6) is 0.783. The van der Waals surface area contributed by atoms with Crippen LogP contribution in [0.4, 0.5) is 5.69 Å². The van der Waals surface area contributed by atoms with E-state index in [9.17, 15) is 9.59 Å². The zero-order chi connectivity index (χ0) is 21.6. The first kappa shape index (κ1) is 20.8. The fourth-order valence-corrected chi connectivity index (χ4v) is 3.66. The Balaban J connectivity index is 1.28. The van der Waals surface area contributed by atoms with Gasteiger partial charge in [0.1, 0.15) is 5.75 Å². The number of carbonyl (C=O) groups excluding carboxylic acids is 2. The molecule has 6 nitrogen and oxygen atoms in total. The monoisotopic (exact) mass is 452 g/mol. The van der Waals surface area contributed by atoms with Crippen LogP contribution in [0.25, 0.3) is 11.3 Å². The molecule has 2 heterocycles. The molecule has 0 aliphatic rings. The maximum absolute atomic E-state index is 12.2. The van der Waals surface area contributed by atoms with Crippen LogP contribution in [0.15, 0.2) is 76.7 Å². The lowest BCUT2D eigenvalue weighted by molar-refractivity contribution is -0.134. The molecule has 1 N–H and O–H groups in total. The Hall–Kier alpha value is -3.42. The number of aromatic nitrogens is 1. The highest BCUT2D eigenvalue weighted by Crippen LogP contribution is 2.28. The minimum absolute atomic E-state index is 0.110. The Morgan fingerprint density at radius 3 is 2.61 bits per heavy atom. The molecule has 1 amide bonds. The molecule has 2 aromatic carbocycles. The van der Waals surface area contributed by atoms with Crippen molar-refractivity contribution in [2.75, 3.05) is 5.32 Å². The second kappa shape index (κ2) is 9.59. The van der Waals surface area contributed by atoms with E-state index in [2.05, 4.69) is 10.3 Å². The van der Waals surface area contributed by atoms with Crippen molar-refractivity contribution in [2.45, 2.75) is 12.8 Å². The molecule has 0 aliphatic heterocycles. The molecule has 4 rings (SSSR count). The number of benzene rings is 2. The van der Waals surface area contributed by atoms with Crippen LogP contribution >= 0.6 is 22.9 Å². The van der Waals surface area contributed by atoms with Gasteiger partial charge in [-0.25, -0.2) is 4.98 Å². The standard InChI is InChI=1S/C23H17ClN2O4S/c24-18-5-2-1-4-17(18)19-14-25-21(30-19)11-12-22(27)29-16-9-7-15(8-10-16)26-23(28)20-6-3-13-31-20/h1-10,13-14H,11-12H2,(H,26,28). The number of amides is 1. The van der Waals surface area contributed by atoms with Crippen molar-refractivity contribution in [3.63, 3.8) is 0 Å². The zero-order valence-corrected chi connectivity index (χ0v) is 17.8. The van der Waals surface area contributed by atoms with Crippen LogP contribution in [0.1, 0.15) is 22.0 Å². The van der Waals surface area contributed by atoms with Gasteiger partial charge in [-0.2, -0.15) is 0 Å². The molecular weight excluding hydrogens is 436 g/mol. The predicted octanol–water partition coefficient (Wildman–Crippen LogP) is 5.85. The van der Waals surface area contributed by atoms with Crippen molar-refractivity contribution in [2.24, 2.45) is 0 Å². The van der Waals surface area contributed by atoms with Crippen molar-refractivity contribution in [1.82, 2.24) is 4.98 Å². The summed E-state index contributed by atoms with van der Waals surface area (Å²) in [7, 11) is 0. The van der Waals surface area contributed by atoms with Gasteiger partial charge in [-0.15, -0.1) is 11.3 Å². The van der Waals surface area contributed by atoms with Crippen LogP contribution in [0, 0.1) is 0 Å². The fraction of sp³-hybridized carbons (Fsp3) is 0.0870. The highest BCUT2D eigenvalue weighted by Gasteiger charge is 2.12. The third-order valence-corrected chi connectivity index (χ3v) is 5.52. The smallest absolute Gasteiger partial charge is 0.311 e. The number of halogens is 1. The lowest BCUT2D eigenvalue weighted by atomic mass is 10.2. The summed E-state index contributed by atoms with van der Waals surface area (Å²) >= 11 is 7.53. The van der Waals surface area contributed by atoms with Crippen LogP contribution in [0.5, 0.6) is 5.75 Å². The van der Waals surface area contributed by atoms with E-state index in [4.69, 9.17) is 20.8 Å². The molecule has 2 aromatic heterocycles. The lowest BCUT2D eigenvalue weighted by Gasteiger charge is -2.06. The number of hydrogen-bond acceptors (Lipinski definition) is 6. The number of rotatable bonds is 7. The molecule has 8 heteroatoms. The number of thiophene rings is 1. The molecule has 0 unspecified atom stereocenters. The van der Waals surface area contributed by atoms with E-state index >= 15 is 0 Å². The Morgan fingerprint density at radius 1 is 1.06 bits per heavy atom. The lowest BCUT2D eigenvalue weighted by Crippen LogP contribution is -2.11. The van der Waals surface area contributed by atoms with E-state index in [1.165, 1.54) is 11.3 Å². The summed E-state index contributed by atoms with van der Waals surface area (Å²) in [5, 5.41) is 5.20. The van der Waals surface area contributed by atoms with Gasteiger partial charge in [-0.1, -0.05) is 29.8 Å². The van der Waals surface area contributed by atoms with Crippen LogP contribution < -0.4 is 10.1 Å². The van der Waals surface area contributed by atoms with Crippen LogP contribution in [-0.2, 0) is 11.2 Å². The summed E-state index contributed by atoms with van der Waals surface area (Å²) in [4.78, 5) is 29.0. The Bertz CT molecular complexity index is 1190. The molecule has 0 bridgehead atoms. The minimum Gasteiger partial charge on any atom is -0.441 e. The third-order valence-electron chi connectivity index (χ3n) is 4.32. The topological polar surface area (TPSA) is 81.4 Å². The average Bonchev–Trinajstić information content (AvgIpc) is 3.46. The Morgan fingerprint density at radius 2 is 1.87 bits per heavy atom. The summed E-state index contributed by atoms with van der Waals surface area (Å²) in [6.07, 6.45) is 2.00. The largest absolute Gasteiger partial charge is 0.441 e. The van der Waals surface area contributed by atoms with E-state index in [0.717, 1.165) is 5.56 Å². The fourth-order valence-electron chi connectivity index (χ4n) is 2.81. The number of aryl methyl sites for hydroxylation is 1. The van der Waals surface area contributed by atoms with Crippen molar-refractivity contribution >= 4 is 40.5 Å². The van der Waals surface area contributed by atoms with Gasteiger partial charge in [0.2, 0.25) is 0 Å². The van der Waals surface area contributed by atoms with Gasteiger partial charge in [0, 0.05) is 17.7 Å². The van der Waals surface area contributed by atoms with Crippen molar-refractivity contribution in [3.8, 4) is 17.1 Å². The molecular formula is C23H17ClN2O4S. The van der Waals surface area contributed by atoms with E-state index in [1.54, 1.807) is 42.6 Å². The highest BCUT2D eigenvalue weighted by molar-refractivity contribution is 7.12. The third kappa shape index (κ3) is 5.39. The van der Waals surface area contributed by atoms with Crippen LogP contribution in [0.3, 0.4) is 0 Å². The molecule has 4 aromatic rings. The summed E-state index contributed by atoms with van der Waals surface area (Å²) in [6.45, 7) is 0. The summed E-state index contributed by atoms with van der Waals surface area (Å²) in [6, 6.07) is 17.5. The summed E-state index contributed by atoms with van der Waals surface area (Å²) < 4.78 is 11.0. The van der Waals surface area contributed by atoms with E-state index in [0.29, 0.717) is 39.4 Å². The normalized spacial score (nSPS) is 10.6.